The van der Waals surface area contributed by atoms with Crippen molar-refractivity contribution >= 4 is 27.8 Å². The van der Waals surface area contributed by atoms with Crippen molar-refractivity contribution in [3.05, 3.63) is 28.5 Å². The lowest BCUT2D eigenvalue weighted by molar-refractivity contribution is -0.140. The van der Waals surface area contributed by atoms with Crippen molar-refractivity contribution in [1.29, 1.82) is 0 Å². The van der Waals surface area contributed by atoms with Gasteiger partial charge < -0.3 is 19.9 Å². The van der Waals surface area contributed by atoms with Crippen LogP contribution in [0.1, 0.15) is 6.42 Å². The number of hydrogen-bond donors (Lipinski definition) is 2. The van der Waals surface area contributed by atoms with Gasteiger partial charge in [0.2, 0.25) is 0 Å². The summed E-state index contributed by atoms with van der Waals surface area (Å²) in [6.45, 7) is -0.205. The van der Waals surface area contributed by atoms with Crippen LogP contribution in [0.15, 0.2) is 22.7 Å². The van der Waals surface area contributed by atoms with E-state index < -0.39 is 23.8 Å². The van der Waals surface area contributed by atoms with Gasteiger partial charge in [-0.2, -0.15) is 0 Å². The minimum atomic E-state index is -1.01. The number of rotatable bonds is 8. The first-order valence-electron chi connectivity index (χ1n) is 6.01. The maximum atomic E-state index is 12.9. The van der Waals surface area contributed by atoms with Crippen molar-refractivity contribution in [2.45, 2.75) is 12.5 Å². The van der Waals surface area contributed by atoms with Crippen LogP contribution in [0, 0.1) is 5.82 Å². The zero-order chi connectivity index (χ0) is 15.8. The van der Waals surface area contributed by atoms with Crippen LogP contribution in [0.25, 0.3) is 0 Å². The van der Waals surface area contributed by atoms with E-state index in [1.807, 2.05) is 0 Å². The normalized spacial score (nSPS) is 11.8. The zero-order valence-corrected chi connectivity index (χ0v) is 12.9. The molecule has 116 valence electrons. The van der Waals surface area contributed by atoms with E-state index in [1.165, 1.54) is 25.3 Å². The summed E-state index contributed by atoms with van der Waals surface area (Å²) in [7, 11) is 1.37. The van der Waals surface area contributed by atoms with Crippen LogP contribution in [-0.4, -0.2) is 43.3 Å². The van der Waals surface area contributed by atoms with E-state index in [1.54, 1.807) is 0 Å². The molecule has 1 rings (SSSR count). The molecule has 8 heteroatoms. The number of methoxy groups -OCH3 is 1. The Bertz CT molecular complexity index is 511. The van der Waals surface area contributed by atoms with Gasteiger partial charge in [-0.25, -0.2) is 4.39 Å². The highest BCUT2D eigenvalue weighted by Gasteiger charge is 2.14. The summed E-state index contributed by atoms with van der Waals surface area (Å²) in [4.78, 5) is 22.1. The highest BCUT2D eigenvalue weighted by Crippen LogP contribution is 2.25. The number of halogens is 2. The summed E-state index contributed by atoms with van der Waals surface area (Å²) in [5.41, 5.74) is 0. The van der Waals surface area contributed by atoms with Gasteiger partial charge in [-0.05, 0) is 34.1 Å². The molecule has 2 N–H and O–H groups in total. The van der Waals surface area contributed by atoms with E-state index in [2.05, 4.69) is 21.2 Å². The Kier molecular flexibility index (Phi) is 7.10. The average molecular weight is 364 g/mol. The molecule has 0 aliphatic heterocycles. The molecule has 0 aromatic heterocycles. The summed E-state index contributed by atoms with van der Waals surface area (Å²) in [6.07, 6.45) is -0.815. The van der Waals surface area contributed by atoms with Crippen molar-refractivity contribution < 1.29 is 28.6 Å². The topological polar surface area (TPSA) is 84.9 Å². The molecule has 21 heavy (non-hydrogen) atoms. The molecule has 0 aliphatic rings. The molecule has 1 unspecified atom stereocenters. The van der Waals surface area contributed by atoms with Crippen molar-refractivity contribution in [2.24, 2.45) is 0 Å². The Morgan fingerprint density at radius 1 is 1.48 bits per heavy atom. The van der Waals surface area contributed by atoms with Crippen LogP contribution >= 0.6 is 15.9 Å². The highest BCUT2D eigenvalue weighted by atomic mass is 79.9. The SMILES string of the molecule is COC(CNC(=O)COc1ccc(F)cc1Br)CC(=O)O. The first-order valence-corrected chi connectivity index (χ1v) is 6.80. The molecule has 0 heterocycles. The number of aliphatic carboxylic acids is 1. The summed E-state index contributed by atoms with van der Waals surface area (Å²) in [5, 5.41) is 11.1. The fourth-order valence-electron chi connectivity index (χ4n) is 1.45. The molecule has 1 amide bonds. The highest BCUT2D eigenvalue weighted by molar-refractivity contribution is 9.10. The van der Waals surface area contributed by atoms with E-state index in [0.717, 1.165) is 0 Å². The minimum absolute atomic E-state index is 0.0651. The predicted molar refractivity (Wildman–Crippen MR) is 75.7 cm³/mol. The monoisotopic (exact) mass is 363 g/mol. The Morgan fingerprint density at radius 2 is 2.19 bits per heavy atom. The lowest BCUT2D eigenvalue weighted by Gasteiger charge is -2.14. The molecule has 0 radical (unpaired) electrons. The number of benzene rings is 1. The number of amides is 1. The van der Waals surface area contributed by atoms with E-state index >= 15 is 0 Å². The summed E-state index contributed by atoms with van der Waals surface area (Å²) in [6, 6.07) is 3.84. The van der Waals surface area contributed by atoms with Gasteiger partial charge in [-0.1, -0.05) is 0 Å². The fourth-order valence-corrected chi connectivity index (χ4v) is 1.91. The molecular weight excluding hydrogens is 349 g/mol. The molecule has 1 atom stereocenters. The second-order valence-electron chi connectivity index (χ2n) is 4.12. The lowest BCUT2D eigenvalue weighted by Crippen LogP contribution is -2.37. The molecule has 1 aromatic rings. The van der Waals surface area contributed by atoms with Gasteiger partial charge in [0, 0.05) is 13.7 Å². The Labute approximate surface area is 129 Å². The fraction of sp³-hybridized carbons (Fsp3) is 0.385. The largest absolute Gasteiger partial charge is 0.483 e. The third kappa shape index (κ3) is 6.54. The Morgan fingerprint density at radius 3 is 2.76 bits per heavy atom. The standard InChI is InChI=1S/C13H15BrFNO5/c1-20-9(5-13(18)19)6-16-12(17)7-21-11-3-2-8(15)4-10(11)14/h2-4,9H,5-7H2,1H3,(H,16,17)(H,18,19). The van der Waals surface area contributed by atoms with Crippen molar-refractivity contribution in [3.8, 4) is 5.75 Å². The van der Waals surface area contributed by atoms with Gasteiger partial charge in [0.15, 0.2) is 6.61 Å². The van der Waals surface area contributed by atoms with Crippen LogP contribution in [0.2, 0.25) is 0 Å². The van der Waals surface area contributed by atoms with Gasteiger partial charge in [0.05, 0.1) is 17.0 Å². The molecule has 6 nitrogen and oxygen atoms in total. The van der Waals surface area contributed by atoms with Crippen LogP contribution in [0.4, 0.5) is 4.39 Å². The summed E-state index contributed by atoms with van der Waals surface area (Å²) in [5.74, 6) is -1.53. The van der Waals surface area contributed by atoms with Crippen LogP contribution in [-0.2, 0) is 14.3 Å². The van der Waals surface area contributed by atoms with Crippen LogP contribution in [0.5, 0.6) is 5.75 Å². The van der Waals surface area contributed by atoms with Gasteiger partial charge in [0.25, 0.3) is 5.91 Å². The number of ether oxygens (including phenoxy) is 2. The number of carboxylic acid groups (broad SMARTS) is 1. The van der Waals surface area contributed by atoms with Crippen molar-refractivity contribution in [2.75, 3.05) is 20.3 Å². The third-order valence-corrected chi connectivity index (χ3v) is 3.13. The van der Waals surface area contributed by atoms with E-state index in [-0.39, 0.29) is 19.6 Å². The van der Waals surface area contributed by atoms with E-state index in [0.29, 0.717) is 10.2 Å². The maximum Gasteiger partial charge on any atom is 0.306 e. The minimum Gasteiger partial charge on any atom is -0.483 e. The smallest absolute Gasteiger partial charge is 0.306 e. The van der Waals surface area contributed by atoms with E-state index in [9.17, 15) is 14.0 Å². The predicted octanol–water partition coefficient (Wildman–Crippen LogP) is 1.57. The summed E-state index contributed by atoms with van der Waals surface area (Å²) >= 11 is 3.12. The number of hydrogen-bond acceptors (Lipinski definition) is 4. The van der Waals surface area contributed by atoms with Gasteiger partial charge >= 0.3 is 5.97 Å². The molecule has 0 aliphatic carbocycles. The quantitative estimate of drug-likeness (QED) is 0.732. The number of carboxylic acids is 1. The molecule has 0 spiro atoms. The first-order chi connectivity index (χ1) is 9.92. The van der Waals surface area contributed by atoms with Gasteiger partial charge in [0.1, 0.15) is 11.6 Å². The zero-order valence-electron chi connectivity index (χ0n) is 11.3. The second-order valence-corrected chi connectivity index (χ2v) is 4.98. The molecular formula is C13H15BrFNO5. The number of carbonyl (C=O) groups excluding carboxylic acids is 1. The van der Waals surface area contributed by atoms with Crippen molar-refractivity contribution in [1.82, 2.24) is 5.32 Å². The van der Waals surface area contributed by atoms with E-state index in [4.69, 9.17) is 14.6 Å². The molecule has 0 bridgehead atoms. The Balaban J connectivity index is 2.38. The molecule has 0 fully saturated rings. The third-order valence-electron chi connectivity index (χ3n) is 2.52. The van der Waals surface area contributed by atoms with Gasteiger partial charge in [-0.15, -0.1) is 0 Å². The second kappa shape index (κ2) is 8.58. The molecule has 1 aromatic carbocycles. The Hall–Kier alpha value is -1.67. The first kappa shape index (κ1) is 17.4. The van der Waals surface area contributed by atoms with Crippen molar-refractivity contribution in [3.63, 3.8) is 0 Å². The van der Waals surface area contributed by atoms with Gasteiger partial charge in [-0.3, -0.25) is 9.59 Å². The van der Waals surface area contributed by atoms with Crippen LogP contribution in [0.3, 0.4) is 0 Å². The molecule has 0 saturated heterocycles. The van der Waals surface area contributed by atoms with Crippen LogP contribution < -0.4 is 10.1 Å². The number of nitrogens with one attached hydrogen (secondary N) is 1. The average Bonchev–Trinajstić information content (AvgIpc) is 2.42. The lowest BCUT2D eigenvalue weighted by atomic mass is 10.2. The number of carbonyl (C=O) groups is 2. The summed E-state index contributed by atoms with van der Waals surface area (Å²) < 4.78 is 23.4. The maximum absolute atomic E-state index is 12.9. The molecule has 0 saturated carbocycles.